The van der Waals surface area contributed by atoms with Crippen molar-refractivity contribution in [1.82, 2.24) is 24.8 Å². The monoisotopic (exact) mass is 893 g/mol. The third kappa shape index (κ3) is 10.3. The van der Waals surface area contributed by atoms with Gasteiger partial charge in [-0.3, -0.25) is 24.0 Å². The lowest BCUT2D eigenvalue weighted by atomic mass is 10.1. The van der Waals surface area contributed by atoms with Crippen LogP contribution < -0.4 is 25.4 Å². The van der Waals surface area contributed by atoms with Gasteiger partial charge in [0.05, 0.1) is 29.5 Å². The minimum absolute atomic E-state index is 0.0133. The second kappa shape index (κ2) is 17.6. The third-order valence-electron chi connectivity index (χ3n) is 8.91. The molecule has 10 N–H and O–H groups in total. The molecule has 0 spiro atoms. The Bertz CT molecular complexity index is 2220. The number of rotatable bonds is 16. The summed E-state index contributed by atoms with van der Waals surface area (Å²) in [6, 6.07) is 7.82. The number of phosphoric acid groups is 3. The van der Waals surface area contributed by atoms with Crippen molar-refractivity contribution < 1.29 is 90.9 Å². The highest BCUT2D eigenvalue weighted by atomic mass is 31.3. The predicted octanol–water partition coefficient (Wildman–Crippen LogP) is -2.74. The van der Waals surface area contributed by atoms with Crippen LogP contribution in [0.2, 0.25) is 0 Å². The highest BCUT2D eigenvalue weighted by Gasteiger charge is 2.53. The van der Waals surface area contributed by atoms with Crippen LogP contribution >= 0.6 is 24.2 Å². The molecule has 30 heteroatoms. The number of nitrogens with zero attached hydrogens (tertiary/aromatic N) is 6. The third-order valence-corrected chi connectivity index (χ3v) is 12.0. The summed E-state index contributed by atoms with van der Waals surface area (Å²) in [4.78, 5) is 99.5. The van der Waals surface area contributed by atoms with Crippen molar-refractivity contribution in [3.8, 4) is 0 Å². The number of aromatic nitrogens is 5. The first kappa shape index (κ1) is 44.6. The Balaban J connectivity index is 1.05. The largest absolute Gasteiger partial charge is 0.606 e. The summed E-state index contributed by atoms with van der Waals surface area (Å²) in [5.74, 6) is -0.736. The molecule has 2 aliphatic heterocycles. The molecule has 11 atom stereocenters. The normalized spacial score (nSPS) is 27.3. The number of nitrogens with two attached hydrogens (primary N) is 1. The van der Waals surface area contributed by atoms with Crippen molar-refractivity contribution >= 4 is 52.7 Å². The Morgan fingerprint density at radius 3 is 2.49 bits per heavy atom. The van der Waals surface area contributed by atoms with E-state index in [9.17, 15) is 64.2 Å². The lowest BCUT2D eigenvalue weighted by Gasteiger charge is -2.24. The van der Waals surface area contributed by atoms with E-state index < -0.39 is 103 Å². The number of anilines is 1. The molecule has 2 fully saturated rings. The van der Waals surface area contributed by atoms with Crippen LogP contribution in [0.5, 0.6) is 0 Å². The van der Waals surface area contributed by atoms with Crippen molar-refractivity contribution in [2.45, 2.75) is 62.0 Å². The number of nitro benzene ring substituents is 1. The lowest BCUT2D eigenvalue weighted by Crippen LogP contribution is -2.46. The Labute approximate surface area is 331 Å². The van der Waals surface area contributed by atoms with Crippen LogP contribution in [0.25, 0.3) is 11.2 Å². The molecule has 3 unspecified atom stereocenters. The number of hydrogen-bond donors (Lipinski definition) is 9. The topological polar surface area (TPSA) is 406 Å². The molecule has 2 aliphatic rings. The second-order valence-electron chi connectivity index (χ2n) is 12.9. The number of nitrogens with one attached hydrogen (secondary N) is 1. The van der Waals surface area contributed by atoms with E-state index in [0.29, 0.717) is 0 Å². The summed E-state index contributed by atoms with van der Waals surface area (Å²) < 4.78 is 44.7. The zero-order valence-corrected chi connectivity index (χ0v) is 32.7. The first-order chi connectivity index (χ1) is 27.6. The maximum atomic E-state index is 13.1. The predicted molar refractivity (Wildman–Crippen MR) is 189 cm³/mol. The van der Waals surface area contributed by atoms with Gasteiger partial charge in [0.1, 0.15) is 48.4 Å². The number of ether oxygens (including phenoxy) is 2. The zero-order chi connectivity index (χ0) is 43.0. The van der Waals surface area contributed by atoms with Crippen LogP contribution in [-0.4, -0.2) is 115 Å². The fourth-order valence-corrected chi connectivity index (χ4v) is 8.83. The molecule has 320 valence electrons. The summed E-state index contributed by atoms with van der Waals surface area (Å²) in [7, 11) is -16.5. The fraction of sp³-hybridized carbons (Fsp3) is 0.414. The number of carbonyl (C=O) groups excluding carboxylic acids is 1. The van der Waals surface area contributed by atoms with Gasteiger partial charge >= 0.3 is 24.2 Å². The molecule has 6 rings (SSSR count). The Hall–Kier alpha value is -3.92. The lowest BCUT2D eigenvalue weighted by molar-refractivity contribution is -0.765. The maximum absolute atomic E-state index is 13.1. The molecule has 0 radical (unpaired) electrons. The number of para-hydroxylation sites is 1. The summed E-state index contributed by atoms with van der Waals surface area (Å²) in [5, 5.41) is 46.3. The van der Waals surface area contributed by atoms with Gasteiger partial charge < -0.3 is 50.5 Å². The average Bonchev–Trinajstić information content (AvgIpc) is 3.82. The molecule has 5 heterocycles. The molecule has 0 saturated carbocycles. The molecule has 4 aromatic rings. The van der Waals surface area contributed by atoms with Crippen LogP contribution in [0.15, 0.2) is 61.4 Å². The van der Waals surface area contributed by atoms with Crippen molar-refractivity contribution in [1.29, 1.82) is 0 Å². The molecule has 0 bridgehead atoms. The number of carbonyl (C=O) groups is 1. The van der Waals surface area contributed by atoms with Gasteiger partial charge in [0.15, 0.2) is 42.3 Å². The number of benzene rings is 1. The number of hydrogen-bond acceptors (Lipinski definition) is 22. The van der Waals surface area contributed by atoms with Gasteiger partial charge in [-0.2, -0.15) is 28.3 Å². The van der Waals surface area contributed by atoms with Gasteiger partial charge in [-0.15, -0.1) is 0 Å². The van der Waals surface area contributed by atoms with E-state index >= 15 is 0 Å². The molecular formula is C29H36N8O19P3+. The number of nitro groups is 1. The van der Waals surface area contributed by atoms with E-state index in [0.717, 1.165) is 17.2 Å². The van der Waals surface area contributed by atoms with Crippen molar-refractivity contribution in [2.75, 3.05) is 18.9 Å². The number of amides is 1. The number of phosphoric ester groups is 3. The van der Waals surface area contributed by atoms with E-state index in [1.54, 1.807) is 6.07 Å². The van der Waals surface area contributed by atoms with Gasteiger partial charge in [-0.1, -0.05) is 22.5 Å². The Morgan fingerprint density at radius 1 is 1.07 bits per heavy atom. The van der Waals surface area contributed by atoms with E-state index in [-0.39, 0.29) is 33.8 Å². The van der Waals surface area contributed by atoms with Crippen LogP contribution in [0, 0.1) is 10.1 Å². The smallest absolute Gasteiger partial charge is 0.510 e. The zero-order valence-electron chi connectivity index (χ0n) is 30.0. The molecular weight excluding hydrogens is 857 g/mol. The minimum atomic E-state index is -5.59. The number of aliphatic hydroxyl groups excluding tert-OH is 3. The molecule has 27 nitrogen and oxygen atoms in total. The van der Waals surface area contributed by atoms with Gasteiger partial charge in [-0.05, 0) is 13.0 Å². The Morgan fingerprint density at radius 2 is 1.78 bits per heavy atom. The molecule has 59 heavy (non-hydrogen) atoms. The molecule has 1 amide bonds. The highest BCUT2D eigenvalue weighted by molar-refractivity contribution is 7.64. The van der Waals surface area contributed by atoms with Gasteiger partial charge in [0.2, 0.25) is 0 Å². The number of imidazole rings is 1. The van der Waals surface area contributed by atoms with Gasteiger partial charge in [-0.25, -0.2) is 19.5 Å². The van der Waals surface area contributed by atoms with Crippen molar-refractivity contribution in [3.05, 3.63) is 82.7 Å². The van der Waals surface area contributed by atoms with Crippen LogP contribution in [0.3, 0.4) is 0 Å². The SMILES string of the molecule is CC(NC(=O)c1ccc[n+]([C@@H]2O[C@H](CO[P+]([O-])(O)OP(=O)(O)OC[C@H]3O[C@@H](n4cnc5c(N)ncnc54)[C@H](O[P+]([O-])(O)O)[C@@H]3O)[C@@H](O)[C@H]2O)c1)c1ccccc1[N+](=O)[O-]. The van der Waals surface area contributed by atoms with E-state index in [1.165, 1.54) is 54.2 Å². The molecule has 2 saturated heterocycles. The summed E-state index contributed by atoms with van der Waals surface area (Å²) in [6.45, 7) is -0.580. The van der Waals surface area contributed by atoms with Gasteiger partial charge in [0.25, 0.3) is 17.8 Å². The van der Waals surface area contributed by atoms with Crippen molar-refractivity contribution in [2.24, 2.45) is 0 Å². The van der Waals surface area contributed by atoms with E-state index in [1.807, 2.05) is 0 Å². The number of nitrogen functional groups attached to an aromatic ring is 1. The Kier molecular flexibility index (Phi) is 13.3. The molecule has 1 aromatic carbocycles. The first-order valence-electron chi connectivity index (χ1n) is 16.9. The summed E-state index contributed by atoms with van der Waals surface area (Å²) in [5.41, 5.74) is 5.87. The maximum Gasteiger partial charge on any atom is 0.510 e. The number of pyridine rings is 1. The second-order valence-corrected chi connectivity index (χ2v) is 17.1. The summed E-state index contributed by atoms with van der Waals surface area (Å²) >= 11 is 0. The van der Waals surface area contributed by atoms with E-state index in [2.05, 4.69) is 24.6 Å². The summed E-state index contributed by atoms with van der Waals surface area (Å²) in [6.07, 6.45) is -8.88. The molecule has 0 aliphatic carbocycles. The van der Waals surface area contributed by atoms with Crippen LogP contribution in [-0.2, 0) is 31.9 Å². The molecule has 3 aromatic heterocycles. The van der Waals surface area contributed by atoms with E-state index in [4.69, 9.17) is 28.8 Å². The average molecular weight is 894 g/mol. The highest BCUT2D eigenvalue weighted by Crippen LogP contribution is 2.63. The number of aliphatic hydroxyl groups is 3. The fourth-order valence-electron chi connectivity index (χ4n) is 6.20. The van der Waals surface area contributed by atoms with Crippen molar-refractivity contribution in [3.63, 3.8) is 0 Å². The van der Waals surface area contributed by atoms with Crippen LogP contribution in [0.1, 0.15) is 41.3 Å². The first-order valence-corrected chi connectivity index (χ1v) is 21.4. The van der Waals surface area contributed by atoms with Crippen LogP contribution in [0.4, 0.5) is 11.5 Å². The quantitative estimate of drug-likeness (QED) is 0.0238. The van der Waals surface area contributed by atoms with Gasteiger partial charge in [0, 0.05) is 12.1 Å². The standard InChI is InChI=1S/C29H35N8O19P3/c1-14(16-6-2-3-7-17(16)37(42)43)34-27(41)15-5-4-8-35(9-15)28-23(40)21(38)18(53-28)10-51-58(47,48)56-59(49,50)52-11-19-22(39)24(55-57(44,45)46)29(54-19)36-13-33-20-25(30)31-12-32-26(20)36/h2-9,12-14,18-19,21-24,28-29,38-40H,10-11H2,1H3,(H6-,30,31,32,34,41,44,45,46,47,48,49,50)/p+1/t14?,18-,19-,21-,22-,23-,24-,28-,29-/m1/s1. The minimum Gasteiger partial charge on any atom is -0.606 e. The number of fused-ring (bicyclic) bond motifs is 1.